The molecule has 1 aliphatic heterocycles. The molecule has 0 saturated heterocycles. The zero-order valence-corrected chi connectivity index (χ0v) is 7.31. The molecule has 3 nitrogen and oxygen atoms in total. The van der Waals surface area contributed by atoms with Gasteiger partial charge in [0.25, 0.3) is 0 Å². The number of imidazole rings is 1. The van der Waals surface area contributed by atoms with E-state index in [4.69, 9.17) is 0 Å². The number of benzene rings is 1. The highest BCUT2D eigenvalue weighted by Gasteiger charge is 2.22. The molecule has 0 saturated carbocycles. The SMILES string of the molecule is FC1Nc2ccccc2-n2cncc21. The Hall–Kier alpha value is -1.84. The third kappa shape index (κ3) is 0.878. The van der Waals surface area contributed by atoms with Gasteiger partial charge in [0.2, 0.25) is 6.30 Å². The quantitative estimate of drug-likeness (QED) is 0.644. The number of para-hydroxylation sites is 2. The van der Waals surface area contributed by atoms with Crippen molar-refractivity contribution >= 4 is 5.69 Å². The summed E-state index contributed by atoms with van der Waals surface area (Å²) in [6.45, 7) is 0. The van der Waals surface area contributed by atoms with Crippen LogP contribution in [0.5, 0.6) is 0 Å². The van der Waals surface area contributed by atoms with Crippen LogP contribution in [0.25, 0.3) is 5.69 Å². The number of alkyl halides is 1. The van der Waals surface area contributed by atoms with E-state index in [9.17, 15) is 4.39 Å². The van der Waals surface area contributed by atoms with E-state index < -0.39 is 6.30 Å². The summed E-state index contributed by atoms with van der Waals surface area (Å²) in [6.07, 6.45) is 1.99. The average Bonchev–Trinajstić information content (AvgIpc) is 2.67. The maximum atomic E-state index is 13.5. The molecule has 4 heteroatoms. The molecule has 0 spiro atoms. The lowest BCUT2D eigenvalue weighted by Crippen LogP contribution is -2.17. The Morgan fingerprint density at radius 1 is 1.36 bits per heavy atom. The molecule has 0 fully saturated rings. The van der Waals surface area contributed by atoms with Gasteiger partial charge in [-0.1, -0.05) is 12.1 Å². The van der Waals surface area contributed by atoms with Gasteiger partial charge in [0, 0.05) is 0 Å². The lowest BCUT2D eigenvalue weighted by Gasteiger charge is -2.23. The van der Waals surface area contributed by atoms with Crippen molar-refractivity contribution in [3.63, 3.8) is 0 Å². The molecule has 1 aliphatic rings. The molecule has 0 amide bonds. The largest absolute Gasteiger partial charge is 0.349 e. The van der Waals surface area contributed by atoms with E-state index in [1.165, 1.54) is 6.20 Å². The number of hydrogen-bond donors (Lipinski definition) is 1. The first-order chi connectivity index (χ1) is 6.86. The highest BCUT2D eigenvalue weighted by atomic mass is 19.1. The van der Waals surface area contributed by atoms with Crippen LogP contribution in [0.2, 0.25) is 0 Å². The molecule has 1 atom stereocenters. The van der Waals surface area contributed by atoms with Gasteiger partial charge in [-0.15, -0.1) is 0 Å². The van der Waals surface area contributed by atoms with Gasteiger partial charge in [-0.3, -0.25) is 4.57 Å². The van der Waals surface area contributed by atoms with Gasteiger partial charge in [0.05, 0.1) is 29.6 Å². The summed E-state index contributed by atoms with van der Waals surface area (Å²) < 4.78 is 15.3. The molecule has 0 bridgehead atoms. The second-order valence-corrected chi connectivity index (χ2v) is 3.21. The number of rotatable bonds is 0. The van der Waals surface area contributed by atoms with E-state index in [1.54, 1.807) is 10.9 Å². The Bertz CT molecular complexity index is 478. The Morgan fingerprint density at radius 3 is 3.14 bits per heavy atom. The molecular weight excluding hydrogens is 181 g/mol. The summed E-state index contributed by atoms with van der Waals surface area (Å²) in [6, 6.07) is 7.58. The monoisotopic (exact) mass is 189 g/mol. The zero-order chi connectivity index (χ0) is 9.54. The third-order valence-corrected chi connectivity index (χ3v) is 2.37. The molecule has 2 heterocycles. The van der Waals surface area contributed by atoms with Crippen LogP contribution in [0.15, 0.2) is 36.8 Å². The summed E-state index contributed by atoms with van der Waals surface area (Å²) in [4.78, 5) is 3.94. The van der Waals surface area contributed by atoms with Crippen molar-refractivity contribution in [2.45, 2.75) is 6.30 Å². The maximum Gasteiger partial charge on any atom is 0.213 e. The van der Waals surface area contributed by atoms with Crippen molar-refractivity contribution < 1.29 is 4.39 Å². The average molecular weight is 189 g/mol. The highest BCUT2D eigenvalue weighted by Crippen LogP contribution is 2.32. The van der Waals surface area contributed by atoms with Crippen LogP contribution in [0.4, 0.5) is 10.1 Å². The fourth-order valence-corrected chi connectivity index (χ4v) is 1.71. The number of anilines is 1. The topological polar surface area (TPSA) is 29.9 Å². The summed E-state index contributed by atoms with van der Waals surface area (Å²) in [5, 5.41) is 2.77. The Labute approximate surface area is 80.2 Å². The number of hydrogen-bond acceptors (Lipinski definition) is 2. The second-order valence-electron chi connectivity index (χ2n) is 3.21. The minimum absolute atomic E-state index is 0.545. The number of aromatic nitrogens is 2. The van der Waals surface area contributed by atoms with Crippen LogP contribution in [0.1, 0.15) is 12.0 Å². The molecule has 3 rings (SSSR count). The summed E-state index contributed by atoms with van der Waals surface area (Å²) in [7, 11) is 0. The summed E-state index contributed by atoms with van der Waals surface area (Å²) in [5.74, 6) is 0. The Kier molecular flexibility index (Phi) is 1.39. The summed E-state index contributed by atoms with van der Waals surface area (Å²) in [5.41, 5.74) is 2.28. The minimum atomic E-state index is -1.17. The van der Waals surface area contributed by atoms with E-state index in [2.05, 4.69) is 10.3 Å². The van der Waals surface area contributed by atoms with Crippen LogP contribution >= 0.6 is 0 Å². The first-order valence-electron chi connectivity index (χ1n) is 4.38. The molecular formula is C10H8FN3. The van der Waals surface area contributed by atoms with Gasteiger partial charge in [-0.25, -0.2) is 9.37 Å². The third-order valence-electron chi connectivity index (χ3n) is 2.37. The molecule has 1 N–H and O–H groups in total. The van der Waals surface area contributed by atoms with Crippen molar-refractivity contribution in [3.05, 3.63) is 42.5 Å². The van der Waals surface area contributed by atoms with Crippen LogP contribution in [0.3, 0.4) is 0 Å². The molecule has 0 aliphatic carbocycles. The van der Waals surface area contributed by atoms with Gasteiger partial charge >= 0.3 is 0 Å². The maximum absolute atomic E-state index is 13.5. The number of fused-ring (bicyclic) bond motifs is 3. The van der Waals surface area contributed by atoms with Crippen LogP contribution in [-0.2, 0) is 0 Å². The van der Waals surface area contributed by atoms with E-state index in [-0.39, 0.29) is 0 Å². The molecule has 2 aromatic rings. The zero-order valence-electron chi connectivity index (χ0n) is 7.31. The van der Waals surface area contributed by atoms with E-state index in [0.29, 0.717) is 5.69 Å². The lowest BCUT2D eigenvalue weighted by molar-refractivity contribution is 0.368. The molecule has 1 aromatic heterocycles. The Morgan fingerprint density at radius 2 is 2.21 bits per heavy atom. The second kappa shape index (κ2) is 2.57. The highest BCUT2D eigenvalue weighted by molar-refractivity contribution is 5.64. The first kappa shape index (κ1) is 7.55. The number of nitrogens with zero attached hydrogens (tertiary/aromatic N) is 2. The predicted molar refractivity (Wildman–Crippen MR) is 51.0 cm³/mol. The smallest absolute Gasteiger partial charge is 0.213 e. The molecule has 1 aromatic carbocycles. The minimum Gasteiger partial charge on any atom is -0.349 e. The number of halogens is 1. The molecule has 14 heavy (non-hydrogen) atoms. The fourth-order valence-electron chi connectivity index (χ4n) is 1.71. The Balaban J connectivity index is 2.29. The van der Waals surface area contributed by atoms with Crippen LogP contribution in [-0.4, -0.2) is 9.55 Å². The first-order valence-corrected chi connectivity index (χ1v) is 4.38. The standard InChI is InChI=1S/C10H8FN3/c11-10-9-5-12-6-14(9)8-4-2-1-3-7(8)13-10/h1-6,10,13H. The summed E-state index contributed by atoms with van der Waals surface area (Å²) >= 11 is 0. The van der Waals surface area contributed by atoms with Crippen molar-refractivity contribution in [3.8, 4) is 5.69 Å². The van der Waals surface area contributed by atoms with E-state index in [1.807, 2.05) is 24.3 Å². The normalized spacial score (nSPS) is 18.2. The van der Waals surface area contributed by atoms with Crippen molar-refractivity contribution in [1.29, 1.82) is 0 Å². The van der Waals surface area contributed by atoms with Crippen molar-refractivity contribution in [2.75, 3.05) is 5.32 Å². The molecule has 0 radical (unpaired) electrons. The van der Waals surface area contributed by atoms with E-state index in [0.717, 1.165) is 11.4 Å². The van der Waals surface area contributed by atoms with E-state index >= 15 is 0 Å². The van der Waals surface area contributed by atoms with Gasteiger partial charge in [-0.2, -0.15) is 0 Å². The fraction of sp³-hybridized carbons (Fsp3) is 0.100. The van der Waals surface area contributed by atoms with Crippen molar-refractivity contribution in [2.24, 2.45) is 0 Å². The predicted octanol–water partition coefficient (Wildman–Crippen LogP) is 2.27. The molecule has 1 unspecified atom stereocenters. The van der Waals surface area contributed by atoms with Crippen LogP contribution < -0.4 is 5.32 Å². The number of nitrogens with one attached hydrogen (secondary N) is 1. The molecule has 70 valence electrons. The van der Waals surface area contributed by atoms with Crippen molar-refractivity contribution in [1.82, 2.24) is 9.55 Å². The van der Waals surface area contributed by atoms with Gasteiger partial charge in [-0.05, 0) is 12.1 Å². The van der Waals surface area contributed by atoms with Crippen LogP contribution in [0, 0.1) is 0 Å². The van der Waals surface area contributed by atoms with Gasteiger partial charge < -0.3 is 5.32 Å². The van der Waals surface area contributed by atoms with Gasteiger partial charge in [0.1, 0.15) is 0 Å². The van der Waals surface area contributed by atoms with Gasteiger partial charge in [0.15, 0.2) is 0 Å². The lowest BCUT2D eigenvalue weighted by atomic mass is 10.2.